The first-order valence-corrected chi connectivity index (χ1v) is 8.01. The largest absolute Gasteiger partial charge is 0.490 e. The van der Waals surface area contributed by atoms with Gasteiger partial charge in [0.1, 0.15) is 6.54 Å². The van der Waals surface area contributed by atoms with Crippen molar-refractivity contribution in [2.45, 2.75) is 19.5 Å². The van der Waals surface area contributed by atoms with E-state index in [0.29, 0.717) is 0 Å². The molecular weight excluding hydrogens is 334 g/mol. The monoisotopic (exact) mass is 351 g/mol. The second-order valence-corrected chi connectivity index (χ2v) is 5.78. The van der Waals surface area contributed by atoms with E-state index < -0.39 is 10.9 Å². The second kappa shape index (κ2) is 7.56. The fraction of sp³-hybridized carbons (Fsp3) is 0.167. The maximum absolute atomic E-state index is 12.1. The first-order valence-electron chi connectivity index (χ1n) is 8.01. The molecule has 0 radical (unpaired) electrons. The highest BCUT2D eigenvalue weighted by molar-refractivity contribution is 5.76. The van der Waals surface area contributed by atoms with Gasteiger partial charge in [-0.1, -0.05) is 59.6 Å². The smallest absolute Gasteiger partial charge is 0.390 e. The number of nitrogens with one attached hydrogen (secondary N) is 1. The summed E-state index contributed by atoms with van der Waals surface area (Å²) < 4.78 is 1.14. The zero-order valence-corrected chi connectivity index (χ0v) is 14.1. The molecule has 0 unspecified atom stereocenters. The number of benzene rings is 2. The Labute approximate surface area is 149 Å². The third-order valence-corrected chi connectivity index (χ3v) is 3.89. The highest BCUT2D eigenvalue weighted by Gasteiger charge is 2.16. The molecule has 0 fully saturated rings. The van der Waals surface area contributed by atoms with Gasteiger partial charge < -0.3 is 15.4 Å². The molecule has 0 aliphatic carbocycles. The van der Waals surface area contributed by atoms with Gasteiger partial charge in [-0.25, -0.2) is 0 Å². The van der Waals surface area contributed by atoms with Crippen LogP contribution in [0.5, 0.6) is 0 Å². The zero-order valence-electron chi connectivity index (χ0n) is 14.1. The Morgan fingerprint density at radius 2 is 1.81 bits per heavy atom. The average molecular weight is 351 g/mol. The van der Waals surface area contributed by atoms with Crippen LogP contribution in [0.4, 0.5) is 5.95 Å². The summed E-state index contributed by atoms with van der Waals surface area (Å²) in [7, 11) is 0. The maximum atomic E-state index is 12.1. The van der Waals surface area contributed by atoms with Crippen LogP contribution in [0.15, 0.2) is 60.9 Å². The first kappa shape index (κ1) is 17.3. The van der Waals surface area contributed by atoms with Crippen LogP contribution >= 0.6 is 0 Å². The second-order valence-electron chi connectivity index (χ2n) is 5.78. The summed E-state index contributed by atoms with van der Waals surface area (Å²) in [4.78, 5) is 25.5. The molecule has 132 valence electrons. The number of hydrogen-bond acceptors (Lipinski definition) is 5. The predicted molar refractivity (Wildman–Crippen MR) is 95.1 cm³/mol. The SMILES string of the molecule is C[C@@H](NC(=O)Cn1cnc([N+](=O)[O-])n1)c1ccc(-c2ccccc2)cc1. The topological polar surface area (TPSA) is 103 Å². The lowest BCUT2D eigenvalue weighted by atomic mass is 10.0. The minimum atomic E-state index is -0.703. The van der Waals surface area contributed by atoms with Gasteiger partial charge in [0.25, 0.3) is 0 Å². The van der Waals surface area contributed by atoms with Gasteiger partial charge in [0.15, 0.2) is 0 Å². The van der Waals surface area contributed by atoms with E-state index in [4.69, 9.17) is 0 Å². The summed E-state index contributed by atoms with van der Waals surface area (Å²) in [6, 6.07) is 17.8. The minimum Gasteiger partial charge on any atom is -0.390 e. The summed E-state index contributed by atoms with van der Waals surface area (Å²) >= 11 is 0. The number of carbonyl (C=O) groups excluding carboxylic acids is 1. The van der Waals surface area contributed by atoms with Crippen molar-refractivity contribution < 1.29 is 9.72 Å². The molecule has 1 amide bonds. The Hall–Kier alpha value is -3.55. The van der Waals surface area contributed by atoms with E-state index in [9.17, 15) is 14.9 Å². The lowest BCUT2D eigenvalue weighted by Gasteiger charge is -2.14. The standard InChI is InChI=1S/C18H17N5O3/c1-13(20-17(24)11-22-12-19-18(21-22)23(25)26)14-7-9-16(10-8-14)15-5-3-2-4-6-15/h2-10,12-13H,11H2,1H3,(H,20,24)/t13-/m1/s1. The Bertz CT molecular complexity index is 906. The van der Waals surface area contributed by atoms with Crippen LogP contribution in [0.2, 0.25) is 0 Å². The van der Waals surface area contributed by atoms with Crippen LogP contribution in [0, 0.1) is 10.1 Å². The Kier molecular flexibility index (Phi) is 5.02. The number of carbonyl (C=O) groups is 1. The number of aromatic nitrogens is 3. The normalized spacial score (nSPS) is 11.7. The fourth-order valence-corrected chi connectivity index (χ4v) is 2.56. The van der Waals surface area contributed by atoms with E-state index in [2.05, 4.69) is 15.4 Å². The molecular formula is C18H17N5O3. The van der Waals surface area contributed by atoms with Crippen molar-refractivity contribution in [1.82, 2.24) is 20.1 Å². The van der Waals surface area contributed by atoms with Crippen molar-refractivity contribution in [2.24, 2.45) is 0 Å². The molecule has 1 heterocycles. The molecule has 1 atom stereocenters. The Balaban J connectivity index is 1.61. The van der Waals surface area contributed by atoms with E-state index in [1.165, 1.54) is 0 Å². The van der Waals surface area contributed by atoms with Crippen molar-refractivity contribution in [1.29, 1.82) is 0 Å². The molecule has 0 bridgehead atoms. The van der Waals surface area contributed by atoms with Gasteiger partial charge in [0.05, 0.1) is 6.04 Å². The van der Waals surface area contributed by atoms with Gasteiger partial charge in [0.2, 0.25) is 12.2 Å². The van der Waals surface area contributed by atoms with Crippen molar-refractivity contribution in [2.75, 3.05) is 0 Å². The van der Waals surface area contributed by atoms with Crippen molar-refractivity contribution in [3.8, 4) is 11.1 Å². The quantitative estimate of drug-likeness (QED) is 0.543. The molecule has 0 aliphatic heterocycles. The lowest BCUT2D eigenvalue weighted by Crippen LogP contribution is -2.30. The average Bonchev–Trinajstić information content (AvgIpc) is 3.11. The van der Waals surface area contributed by atoms with Crippen LogP contribution in [0.3, 0.4) is 0 Å². The van der Waals surface area contributed by atoms with Gasteiger partial charge in [0, 0.05) is 5.10 Å². The number of nitrogens with zero attached hydrogens (tertiary/aromatic N) is 4. The Morgan fingerprint density at radius 1 is 1.15 bits per heavy atom. The molecule has 3 rings (SSSR count). The minimum absolute atomic E-state index is 0.132. The molecule has 26 heavy (non-hydrogen) atoms. The number of amides is 1. The molecule has 0 aliphatic rings. The van der Waals surface area contributed by atoms with Crippen LogP contribution in [0.1, 0.15) is 18.5 Å². The number of rotatable bonds is 6. The Morgan fingerprint density at radius 3 is 2.42 bits per heavy atom. The molecule has 1 aromatic heterocycles. The van der Waals surface area contributed by atoms with E-state index in [1.807, 2.05) is 61.5 Å². The molecule has 1 N–H and O–H groups in total. The summed E-state index contributed by atoms with van der Waals surface area (Å²) in [5.74, 6) is -0.827. The highest BCUT2D eigenvalue weighted by atomic mass is 16.6. The predicted octanol–water partition coefficient (Wildman–Crippen LogP) is 2.73. The van der Waals surface area contributed by atoms with Crippen molar-refractivity contribution in [3.63, 3.8) is 0 Å². The van der Waals surface area contributed by atoms with Crippen LogP contribution in [0.25, 0.3) is 11.1 Å². The fourth-order valence-electron chi connectivity index (χ4n) is 2.56. The highest BCUT2D eigenvalue weighted by Crippen LogP contribution is 2.21. The molecule has 3 aromatic rings. The molecule has 0 saturated carbocycles. The van der Waals surface area contributed by atoms with E-state index in [1.54, 1.807) is 0 Å². The van der Waals surface area contributed by atoms with E-state index >= 15 is 0 Å². The molecule has 0 saturated heterocycles. The molecule has 8 nitrogen and oxygen atoms in total. The van der Waals surface area contributed by atoms with Gasteiger partial charge in [-0.2, -0.15) is 4.68 Å². The van der Waals surface area contributed by atoms with E-state index in [0.717, 1.165) is 27.7 Å². The summed E-state index contributed by atoms with van der Waals surface area (Å²) in [6.45, 7) is 1.74. The molecule has 0 spiro atoms. The van der Waals surface area contributed by atoms with Crippen LogP contribution in [-0.4, -0.2) is 25.6 Å². The van der Waals surface area contributed by atoms with Gasteiger partial charge in [-0.05, 0) is 28.5 Å². The molecule has 8 heteroatoms. The first-order chi connectivity index (χ1) is 12.5. The maximum Gasteiger partial charge on any atom is 0.490 e. The van der Waals surface area contributed by atoms with Crippen LogP contribution in [-0.2, 0) is 11.3 Å². The zero-order chi connectivity index (χ0) is 18.5. The van der Waals surface area contributed by atoms with Gasteiger partial charge in [-0.15, -0.1) is 0 Å². The molecule has 2 aromatic carbocycles. The van der Waals surface area contributed by atoms with Crippen LogP contribution < -0.4 is 5.32 Å². The third-order valence-electron chi connectivity index (χ3n) is 3.89. The van der Waals surface area contributed by atoms with E-state index in [-0.39, 0.29) is 18.5 Å². The van der Waals surface area contributed by atoms with Crippen molar-refractivity contribution in [3.05, 3.63) is 76.6 Å². The van der Waals surface area contributed by atoms with Gasteiger partial charge >= 0.3 is 5.95 Å². The summed E-state index contributed by atoms with van der Waals surface area (Å²) in [5, 5.41) is 17.0. The lowest BCUT2D eigenvalue weighted by molar-refractivity contribution is -0.394. The summed E-state index contributed by atoms with van der Waals surface area (Å²) in [5.41, 5.74) is 3.19. The number of hydrogen-bond donors (Lipinski definition) is 1. The third kappa shape index (κ3) is 4.10. The summed E-state index contributed by atoms with van der Waals surface area (Å²) in [6.07, 6.45) is 1.16. The number of nitro groups is 1. The van der Waals surface area contributed by atoms with Crippen molar-refractivity contribution >= 4 is 11.9 Å². The van der Waals surface area contributed by atoms with Gasteiger partial charge in [-0.3, -0.25) is 4.79 Å².